The van der Waals surface area contributed by atoms with E-state index in [-0.39, 0.29) is 0 Å². The van der Waals surface area contributed by atoms with Gasteiger partial charge in [0.2, 0.25) is 0 Å². The third kappa shape index (κ3) is 2.09. The van der Waals surface area contributed by atoms with Gasteiger partial charge < -0.3 is 5.11 Å². The van der Waals surface area contributed by atoms with E-state index in [1.54, 1.807) is 22.7 Å². The van der Waals surface area contributed by atoms with E-state index < -0.39 is 6.10 Å². The van der Waals surface area contributed by atoms with Crippen LogP contribution in [0.1, 0.15) is 9.75 Å². The predicted octanol–water partition coefficient (Wildman–Crippen LogP) is 3.03. The average Bonchev–Trinajstić information content (AvgIpc) is 3.02. The van der Waals surface area contributed by atoms with Crippen molar-refractivity contribution in [3.8, 4) is 0 Å². The van der Waals surface area contributed by atoms with E-state index in [9.17, 15) is 5.11 Å². The lowest BCUT2D eigenvalue weighted by molar-refractivity contribution is 0.307. The summed E-state index contributed by atoms with van der Waals surface area (Å²) in [4.78, 5) is 1.99. The van der Waals surface area contributed by atoms with Gasteiger partial charge in [-0.3, -0.25) is 0 Å². The van der Waals surface area contributed by atoms with Gasteiger partial charge in [0.1, 0.15) is 29.7 Å². The molecule has 86 valence electrons. The number of hydrogen-bond donors (Lipinski definition) is 1. The van der Waals surface area contributed by atoms with Crippen LogP contribution in [-0.4, -0.2) is 22.6 Å². The molecule has 2 aromatic heterocycles. The fraction of sp³-hybridized carbons (Fsp3) is 0.0909. The minimum absolute atomic E-state index is 0.698. The molecule has 0 radical (unpaired) electrons. The Morgan fingerprint density at radius 2 is 1.47 bits per heavy atom. The van der Waals surface area contributed by atoms with Crippen molar-refractivity contribution in [3.05, 3.63) is 44.8 Å². The number of aliphatic hydroxyl groups excluding tert-OH is 1. The maximum absolute atomic E-state index is 10.3. The lowest BCUT2D eigenvalue weighted by Crippen LogP contribution is -2.31. The van der Waals surface area contributed by atoms with Gasteiger partial charge in [-0.15, -0.1) is 22.7 Å². The van der Waals surface area contributed by atoms with Crippen molar-refractivity contribution in [2.24, 2.45) is 8.80 Å². The van der Waals surface area contributed by atoms with E-state index in [1.165, 1.54) is 0 Å². The van der Waals surface area contributed by atoms with Gasteiger partial charge in [-0.2, -0.15) is 8.80 Å². The van der Waals surface area contributed by atoms with Gasteiger partial charge in [-0.25, -0.2) is 0 Å². The van der Waals surface area contributed by atoms with E-state index >= 15 is 0 Å². The quantitative estimate of drug-likeness (QED) is 0.859. The van der Waals surface area contributed by atoms with Crippen LogP contribution in [-0.2, 0) is 0 Å². The lowest BCUT2D eigenvalue weighted by atomic mass is 10.1. The molecule has 1 N–H and O–H groups in total. The zero-order valence-electron chi connectivity index (χ0n) is 8.61. The molecule has 0 saturated heterocycles. The molecule has 0 spiro atoms. The van der Waals surface area contributed by atoms with E-state index in [0.717, 1.165) is 21.9 Å². The minimum Gasteiger partial charge on any atom is -0.380 e. The van der Waals surface area contributed by atoms with Gasteiger partial charge >= 0.3 is 0 Å². The Bertz CT molecular complexity index is 507. The number of hydrogen-bond acceptors (Lipinski definition) is 6. The van der Waals surface area contributed by atoms with Crippen molar-refractivity contribution < 1.29 is 5.11 Å². The summed E-state index contributed by atoms with van der Waals surface area (Å²) in [6.45, 7) is 0. The third-order valence-electron chi connectivity index (χ3n) is 2.34. The van der Waals surface area contributed by atoms with E-state index in [2.05, 4.69) is 8.80 Å². The van der Waals surface area contributed by atoms with Crippen molar-refractivity contribution in [2.75, 3.05) is 0 Å². The monoisotopic (exact) mass is 280 g/mol. The van der Waals surface area contributed by atoms with Crippen LogP contribution in [0.4, 0.5) is 0 Å². The molecule has 1 aliphatic heterocycles. The second-order valence-electron chi connectivity index (χ2n) is 3.39. The molecule has 2 aromatic rings. The van der Waals surface area contributed by atoms with E-state index in [0.29, 0.717) is 11.4 Å². The summed E-state index contributed by atoms with van der Waals surface area (Å²) in [5.41, 5.74) is 1.40. The Kier molecular flexibility index (Phi) is 3.11. The first kappa shape index (κ1) is 11.2. The zero-order chi connectivity index (χ0) is 11.7. The van der Waals surface area contributed by atoms with Gasteiger partial charge in [-0.05, 0) is 22.9 Å². The molecular formula is C11H8N2OS3. The molecule has 0 unspecified atom stereocenters. The van der Waals surface area contributed by atoms with Crippen LogP contribution in [0.3, 0.4) is 0 Å². The molecule has 3 heterocycles. The molecule has 17 heavy (non-hydrogen) atoms. The van der Waals surface area contributed by atoms with Crippen LogP contribution < -0.4 is 0 Å². The van der Waals surface area contributed by atoms with Crippen molar-refractivity contribution in [1.82, 2.24) is 0 Å². The Hall–Kier alpha value is -0.950. The highest BCUT2D eigenvalue weighted by Crippen LogP contribution is 2.26. The van der Waals surface area contributed by atoms with Gasteiger partial charge in [0.05, 0.1) is 9.75 Å². The van der Waals surface area contributed by atoms with Crippen molar-refractivity contribution in [2.45, 2.75) is 6.10 Å². The number of rotatable bonds is 2. The van der Waals surface area contributed by atoms with Crippen LogP contribution in [0.2, 0.25) is 0 Å². The lowest BCUT2D eigenvalue weighted by Gasteiger charge is -2.16. The van der Waals surface area contributed by atoms with Crippen LogP contribution in [0.25, 0.3) is 0 Å². The highest BCUT2D eigenvalue weighted by molar-refractivity contribution is 7.97. The Balaban J connectivity index is 1.94. The normalized spacial score (nSPS) is 16.8. The summed E-state index contributed by atoms with van der Waals surface area (Å²) < 4.78 is 8.45. The van der Waals surface area contributed by atoms with Crippen molar-refractivity contribution in [3.63, 3.8) is 0 Å². The molecule has 1 aliphatic rings. The van der Waals surface area contributed by atoms with E-state index in [1.807, 2.05) is 35.0 Å². The van der Waals surface area contributed by atoms with Crippen LogP contribution in [0.5, 0.6) is 0 Å². The second-order valence-corrected chi connectivity index (χ2v) is 5.82. The number of nitrogens with zero attached hydrogens (tertiary/aromatic N) is 2. The fourth-order valence-corrected chi connectivity index (χ4v) is 3.75. The third-order valence-corrected chi connectivity index (χ3v) is 4.69. The first-order valence-corrected chi connectivity index (χ1v) is 7.43. The summed E-state index contributed by atoms with van der Waals surface area (Å²) in [6, 6.07) is 7.84. The van der Waals surface area contributed by atoms with Gasteiger partial charge in [-0.1, -0.05) is 12.1 Å². The number of aliphatic hydroxyl groups is 1. The largest absolute Gasteiger partial charge is 0.380 e. The Labute approximate surface area is 111 Å². The van der Waals surface area contributed by atoms with Gasteiger partial charge in [0.25, 0.3) is 0 Å². The summed E-state index contributed by atoms with van der Waals surface area (Å²) in [6.07, 6.45) is -0.728. The first-order valence-electron chi connectivity index (χ1n) is 4.94. The molecule has 0 atom stereocenters. The number of thiophene rings is 2. The molecule has 0 fully saturated rings. The highest BCUT2D eigenvalue weighted by atomic mass is 32.2. The molecule has 6 heteroatoms. The topological polar surface area (TPSA) is 45.0 Å². The summed E-state index contributed by atoms with van der Waals surface area (Å²) >= 11 is 4.29. The molecule has 3 rings (SSSR count). The summed E-state index contributed by atoms with van der Waals surface area (Å²) in [7, 11) is 0. The average molecular weight is 280 g/mol. The van der Waals surface area contributed by atoms with Crippen molar-refractivity contribution >= 4 is 46.2 Å². The molecule has 0 aliphatic carbocycles. The fourth-order valence-electron chi connectivity index (χ4n) is 1.55. The molecule has 0 aromatic carbocycles. The van der Waals surface area contributed by atoms with Crippen LogP contribution in [0, 0.1) is 0 Å². The second kappa shape index (κ2) is 4.73. The maximum Gasteiger partial charge on any atom is 0.142 e. The Morgan fingerprint density at radius 1 is 0.941 bits per heavy atom. The molecule has 0 bridgehead atoms. The first-order chi connectivity index (χ1) is 8.36. The zero-order valence-corrected chi connectivity index (χ0v) is 11.1. The maximum atomic E-state index is 10.3. The van der Waals surface area contributed by atoms with E-state index in [4.69, 9.17) is 0 Å². The summed E-state index contributed by atoms with van der Waals surface area (Å²) in [5, 5.41) is 14.3. The SMILES string of the molecule is OC1C(c2cccs2)=NSN=C1c1cccs1. The Morgan fingerprint density at radius 3 is 1.88 bits per heavy atom. The van der Waals surface area contributed by atoms with Crippen LogP contribution in [0.15, 0.2) is 43.8 Å². The molecular weight excluding hydrogens is 272 g/mol. The molecule has 0 saturated carbocycles. The standard InChI is InChI=1S/C11H8N2OS3/c14-11-9(7-3-1-5-15-7)12-17-13-10(11)8-4-2-6-16-8/h1-6,11,14H. The molecule has 3 nitrogen and oxygen atoms in total. The minimum atomic E-state index is -0.728. The van der Waals surface area contributed by atoms with Crippen LogP contribution >= 0.6 is 34.8 Å². The molecule has 0 amide bonds. The smallest absolute Gasteiger partial charge is 0.142 e. The van der Waals surface area contributed by atoms with Gasteiger partial charge in [0, 0.05) is 0 Å². The highest BCUT2D eigenvalue weighted by Gasteiger charge is 2.26. The summed E-state index contributed by atoms with van der Waals surface area (Å²) in [5.74, 6) is 0. The van der Waals surface area contributed by atoms with Gasteiger partial charge in [0.15, 0.2) is 0 Å². The predicted molar refractivity (Wildman–Crippen MR) is 75.3 cm³/mol. The van der Waals surface area contributed by atoms with Crippen molar-refractivity contribution in [1.29, 1.82) is 0 Å².